The van der Waals surface area contributed by atoms with Gasteiger partial charge in [0, 0.05) is 61.8 Å². The fourth-order valence-corrected chi connectivity index (χ4v) is 13.6. The first-order valence-corrected chi connectivity index (χ1v) is 30.3. The molecule has 22 nitrogen and oxygen atoms in total. The molecule has 6 N–H and O–H groups in total. The fourth-order valence-electron chi connectivity index (χ4n) is 8.99. The van der Waals surface area contributed by atoms with Gasteiger partial charge in [-0.15, -0.1) is 32.9 Å². The Bertz CT molecular complexity index is 3780. The summed E-state index contributed by atoms with van der Waals surface area (Å²) in [5.41, 5.74) is 7.88. The average molecular weight is 1170 g/mol. The molecular weight excluding hydrogens is 1110 g/mol. The normalized spacial score (nSPS) is 12.1. The molecule has 3 heterocycles. The van der Waals surface area contributed by atoms with Crippen molar-refractivity contribution < 1.29 is 36.2 Å². The van der Waals surface area contributed by atoms with Gasteiger partial charge in [0.05, 0.1) is 56.4 Å². The Morgan fingerprint density at radius 2 is 0.889 bits per heavy atom. The number of nitrogens with one attached hydrogen (secondary N) is 2. The van der Waals surface area contributed by atoms with E-state index in [9.17, 15) is 36.2 Å². The first kappa shape index (κ1) is 57.7. The maximum absolute atomic E-state index is 12.3. The first-order valence-electron chi connectivity index (χ1n) is 25.8. The molecule has 0 radical (unpaired) electrons. The number of hydrogen-bond acceptors (Lipinski definition) is 22. The molecule has 6 aromatic carbocycles. The Morgan fingerprint density at radius 3 is 1.25 bits per heavy atom. The summed E-state index contributed by atoms with van der Waals surface area (Å²) in [6.45, 7) is 14.1. The molecule has 0 aliphatic heterocycles. The summed E-state index contributed by atoms with van der Waals surface area (Å²) in [6.07, 6.45) is 0. The van der Waals surface area contributed by atoms with E-state index in [2.05, 4.69) is 78.6 Å². The summed E-state index contributed by atoms with van der Waals surface area (Å²) >= 11 is 2.33. The summed E-state index contributed by atoms with van der Waals surface area (Å²) in [6, 6.07) is 32.4. The van der Waals surface area contributed by atoms with Crippen LogP contribution in [0.5, 0.6) is 0 Å². The van der Waals surface area contributed by atoms with Crippen molar-refractivity contribution in [2.24, 2.45) is 20.5 Å². The molecule has 9 aromatic rings. The van der Waals surface area contributed by atoms with Crippen molar-refractivity contribution in [3.05, 3.63) is 120 Å². The monoisotopic (exact) mass is 1170 g/mol. The number of fused-ring (bicyclic) bond motifs is 2. The number of aromatic nitrogens is 5. The number of aliphatic hydroxyl groups is 2. The smallest absolute Gasteiger partial charge is 0.296 e. The maximum Gasteiger partial charge on any atom is 0.296 e. The SMILES string of the molecule is CCN(CC)c1ccc(N=Nc2ccc(-c3nc4ccc(C)c(S(=O)(=O)O)c4s3)cc2)c(Nc2nc(Nc3cc(N(CC)CC)ccc3N=Nc3ccc(-c4nc5ccc(C)c(S(=O)(=O)O)c5s4)cc3)nc(N(CCO)CCO)n2)c1. The number of thiazole rings is 2. The van der Waals surface area contributed by atoms with Gasteiger partial charge < -0.3 is 35.5 Å². The van der Waals surface area contributed by atoms with E-state index in [1.54, 1.807) is 67.3 Å². The lowest BCUT2D eigenvalue weighted by Gasteiger charge is -2.24. The number of benzene rings is 6. The largest absolute Gasteiger partial charge is 0.395 e. The van der Waals surface area contributed by atoms with E-state index in [0.29, 0.717) is 86.8 Å². The van der Waals surface area contributed by atoms with Gasteiger partial charge in [0.15, 0.2) is 0 Å². The predicted molar refractivity (Wildman–Crippen MR) is 320 cm³/mol. The standard InChI is InChI=1S/C55H58N14O8S4/c1-7-67(8-2)39-21-25-41(65-63-37-17-13-35(14-18-37)51-56-43-23-11-33(5)49(47(43)78-51)80(72,73)74)45(31-39)58-53-60-54(62-55(61-53)69(27-29-70)28-30-71)59-46-32-40(68(9-3)10-4)22-26-42(46)66-64-38-19-15-36(16-20-38)52-57-44-24-12-34(6)50(48(44)79-52)81(75,76)77/h11-26,31-32,70-71H,7-10,27-30H2,1-6H3,(H,72,73,74)(H,75,76,77)(H2,58,59,60,61,62). The highest BCUT2D eigenvalue weighted by atomic mass is 32.2. The Balaban J connectivity index is 1.04. The van der Waals surface area contributed by atoms with Crippen LogP contribution < -0.4 is 25.3 Å². The fraction of sp³-hybridized carbons (Fsp3) is 0.255. The summed E-state index contributed by atoms with van der Waals surface area (Å²) < 4.78 is 69.8. The molecule has 0 unspecified atom stereocenters. The molecule has 420 valence electrons. The second-order valence-corrected chi connectivity index (χ2v) is 23.0. The molecule has 0 fully saturated rings. The zero-order chi connectivity index (χ0) is 57.6. The molecule has 81 heavy (non-hydrogen) atoms. The van der Waals surface area contributed by atoms with E-state index in [-0.39, 0.29) is 53.9 Å². The van der Waals surface area contributed by atoms with Crippen LogP contribution in [-0.2, 0) is 20.2 Å². The van der Waals surface area contributed by atoms with Crippen LogP contribution >= 0.6 is 22.7 Å². The lowest BCUT2D eigenvalue weighted by atomic mass is 10.2. The molecule has 3 aromatic heterocycles. The van der Waals surface area contributed by atoms with E-state index < -0.39 is 20.2 Å². The highest BCUT2D eigenvalue weighted by Crippen LogP contribution is 2.40. The molecule has 0 bridgehead atoms. The Morgan fingerprint density at radius 1 is 0.494 bits per heavy atom. The van der Waals surface area contributed by atoms with E-state index in [1.165, 1.54) is 22.7 Å². The third-order valence-electron chi connectivity index (χ3n) is 13.1. The highest BCUT2D eigenvalue weighted by Gasteiger charge is 2.23. The first-order chi connectivity index (χ1) is 38.9. The van der Waals surface area contributed by atoms with Crippen LogP contribution in [0.15, 0.2) is 139 Å². The van der Waals surface area contributed by atoms with E-state index in [4.69, 9.17) is 15.0 Å². The number of nitrogens with zero attached hydrogens (tertiary/aromatic N) is 12. The summed E-state index contributed by atoms with van der Waals surface area (Å²) in [4.78, 5) is 29.4. The molecule has 0 spiro atoms. The lowest BCUT2D eigenvalue weighted by molar-refractivity contribution is 0.280. The van der Waals surface area contributed by atoms with E-state index in [0.717, 1.165) is 37.6 Å². The van der Waals surface area contributed by atoms with E-state index >= 15 is 0 Å². The van der Waals surface area contributed by atoms with Crippen molar-refractivity contribution in [3.8, 4) is 21.1 Å². The second kappa shape index (κ2) is 24.8. The van der Waals surface area contributed by atoms with Gasteiger partial charge in [-0.3, -0.25) is 9.11 Å². The number of hydrogen-bond donors (Lipinski definition) is 6. The molecular formula is C55H58N14O8S4. The molecule has 0 atom stereocenters. The minimum atomic E-state index is -4.48. The zero-order valence-electron chi connectivity index (χ0n) is 45.0. The quantitative estimate of drug-likeness (QED) is 0.0256. The predicted octanol–water partition coefficient (Wildman–Crippen LogP) is 12.3. The second-order valence-electron chi connectivity index (χ2n) is 18.3. The molecule has 9 rings (SSSR count). The molecule has 0 saturated carbocycles. The summed E-state index contributed by atoms with van der Waals surface area (Å²) in [5, 5.41) is 46.6. The van der Waals surface area contributed by atoms with Gasteiger partial charge in [0.1, 0.15) is 31.2 Å². The molecule has 26 heteroatoms. The van der Waals surface area contributed by atoms with Crippen LogP contribution in [0, 0.1) is 13.8 Å². The Labute approximate surface area is 476 Å². The summed E-state index contributed by atoms with van der Waals surface area (Å²) in [5.74, 6) is 0.355. The molecule has 0 amide bonds. The van der Waals surface area contributed by atoms with Crippen LogP contribution in [0.3, 0.4) is 0 Å². The average Bonchev–Trinajstić information content (AvgIpc) is 4.15. The van der Waals surface area contributed by atoms with Gasteiger partial charge in [-0.1, -0.05) is 12.1 Å². The van der Waals surface area contributed by atoms with Crippen LogP contribution in [0.4, 0.5) is 63.3 Å². The molecule has 0 aliphatic rings. The maximum atomic E-state index is 12.3. The van der Waals surface area contributed by atoms with Gasteiger partial charge in [-0.2, -0.15) is 42.0 Å². The summed E-state index contributed by atoms with van der Waals surface area (Å²) in [7, 11) is -8.97. The lowest BCUT2D eigenvalue weighted by Crippen LogP contribution is -2.31. The number of rotatable bonds is 23. The number of anilines is 7. The van der Waals surface area contributed by atoms with Crippen LogP contribution in [0.1, 0.15) is 38.8 Å². The number of azo groups is 2. The van der Waals surface area contributed by atoms with Crippen molar-refractivity contribution in [2.45, 2.75) is 51.3 Å². The Hall–Kier alpha value is -7.95. The third kappa shape index (κ3) is 13.1. The minimum Gasteiger partial charge on any atom is -0.395 e. The van der Waals surface area contributed by atoms with Gasteiger partial charge in [-0.25, -0.2) is 9.97 Å². The highest BCUT2D eigenvalue weighted by molar-refractivity contribution is 7.86. The van der Waals surface area contributed by atoms with Crippen LogP contribution in [0.2, 0.25) is 0 Å². The van der Waals surface area contributed by atoms with Crippen molar-refractivity contribution in [1.82, 2.24) is 24.9 Å². The molecule has 0 aliphatic carbocycles. The van der Waals surface area contributed by atoms with E-state index in [1.807, 2.05) is 60.7 Å². The minimum absolute atomic E-state index is 0.101. The van der Waals surface area contributed by atoms with Crippen molar-refractivity contribution in [3.63, 3.8) is 0 Å². The van der Waals surface area contributed by atoms with Crippen molar-refractivity contribution in [1.29, 1.82) is 0 Å². The van der Waals surface area contributed by atoms with Crippen molar-refractivity contribution >= 4 is 127 Å². The van der Waals surface area contributed by atoms with Gasteiger partial charge >= 0.3 is 0 Å². The topological polar surface area (TPSA) is 297 Å². The Kier molecular flexibility index (Phi) is 17.7. The van der Waals surface area contributed by atoms with Gasteiger partial charge in [-0.05, 0) is 150 Å². The van der Waals surface area contributed by atoms with Crippen LogP contribution in [0.25, 0.3) is 41.6 Å². The zero-order valence-corrected chi connectivity index (χ0v) is 48.2. The number of aliphatic hydroxyl groups excluding tert-OH is 2. The van der Waals surface area contributed by atoms with Gasteiger partial charge in [0.2, 0.25) is 17.8 Å². The molecule has 0 saturated heterocycles. The van der Waals surface area contributed by atoms with Gasteiger partial charge in [0.25, 0.3) is 20.2 Å². The number of aryl methyl sites for hydroxylation is 2. The third-order valence-corrected chi connectivity index (χ3v) is 17.7. The van der Waals surface area contributed by atoms with Crippen LogP contribution in [-0.4, -0.2) is 114 Å². The van der Waals surface area contributed by atoms with Crippen molar-refractivity contribution in [2.75, 3.05) is 77.8 Å².